The van der Waals surface area contributed by atoms with E-state index in [1.165, 1.54) is 21.5 Å². The lowest BCUT2D eigenvalue weighted by molar-refractivity contribution is 1.17. The minimum Gasteiger partial charge on any atom is -0.309 e. The van der Waals surface area contributed by atoms with Crippen molar-refractivity contribution in [3.8, 4) is 78.1 Å². The number of nitrogens with zero attached hydrogens (tertiary/aromatic N) is 4. The molecule has 0 aliphatic heterocycles. The molecule has 2 heterocycles. The van der Waals surface area contributed by atoms with E-state index in [0.29, 0.717) is 5.02 Å². The quantitative estimate of drug-likeness (QED) is 0.108. The van der Waals surface area contributed by atoms with Gasteiger partial charge in [-0.1, -0.05) is 315 Å². The van der Waals surface area contributed by atoms with Gasteiger partial charge >= 0.3 is 0 Å². The van der Waals surface area contributed by atoms with E-state index in [0.717, 1.165) is 134 Å². The highest BCUT2D eigenvalue weighted by atomic mass is 35.5. The van der Waals surface area contributed by atoms with E-state index in [4.69, 9.17) is 11.6 Å². The van der Waals surface area contributed by atoms with Crippen LogP contribution in [-0.4, -0.2) is 9.13 Å². The Balaban J connectivity index is 1.000. The fraction of sp³-hybridized carbons (Fsp3) is 0. The van der Waals surface area contributed by atoms with Gasteiger partial charge < -0.3 is 18.9 Å². The van der Waals surface area contributed by atoms with Crippen molar-refractivity contribution < 1.29 is 0 Å². The summed E-state index contributed by atoms with van der Waals surface area (Å²) < 4.78 is 4.92. The zero-order valence-electron chi connectivity index (χ0n) is 51.9. The van der Waals surface area contributed by atoms with Gasteiger partial charge in [-0.2, -0.15) is 0 Å². The lowest BCUT2D eigenvalue weighted by Crippen LogP contribution is -2.16. The molecular weight excluding hydrogens is 1170 g/mol. The summed E-state index contributed by atoms with van der Waals surface area (Å²) in [5, 5.41) is 5.32. The van der Waals surface area contributed by atoms with E-state index >= 15 is 0 Å². The number of fused-ring (bicyclic) bond motifs is 6. The number of hydrogen-bond donors (Lipinski definition) is 0. The summed E-state index contributed by atoms with van der Waals surface area (Å²) in [6, 6.07) is 134. The van der Waals surface area contributed by atoms with Gasteiger partial charge in [0, 0.05) is 82.7 Å². The molecule has 0 N–H and O–H groups in total. The number of anilines is 6. The van der Waals surface area contributed by atoms with Crippen LogP contribution in [0.2, 0.25) is 5.02 Å². The van der Waals surface area contributed by atoms with Crippen molar-refractivity contribution in [2.75, 3.05) is 9.80 Å². The van der Waals surface area contributed by atoms with Crippen LogP contribution < -0.4 is 9.80 Å². The van der Waals surface area contributed by atoms with Crippen molar-refractivity contribution in [1.29, 1.82) is 0 Å². The number of para-hydroxylation sites is 6. The zero-order valence-corrected chi connectivity index (χ0v) is 52.6. The fourth-order valence-electron chi connectivity index (χ4n) is 14.4. The van der Waals surface area contributed by atoms with E-state index in [2.05, 4.69) is 389 Å². The Labute approximate surface area is 558 Å². The minimum absolute atomic E-state index is 0.566. The third-order valence-corrected chi connectivity index (χ3v) is 18.8. The molecule has 0 atom stereocenters. The summed E-state index contributed by atoms with van der Waals surface area (Å²) in [6.07, 6.45) is 0. The van der Waals surface area contributed by atoms with Gasteiger partial charge in [-0.25, -0.2) is 0 Å². The molecule has 95 heavy (non-hydrogen) atoms. The zero-order chi connectivity index (χ0) is 63.2. The first kappa shape index (κ1) is 56.7. The largest absolute Gasteiger partial charge is 0.309 e. The molecule has 2 aromatic heterocycles. The van der Waals surface area contributed by atoms with Crippen LogP contribution in [0.5, 0.6) is 0 Å². The van der Waals surface area contributed by atoms with Gasteiger partial charge in [-0.3, -0.25) is 0 Å². The van der Waals surface area contributed by atoms with Gasteiger partial charge in [-0.05, 0) is 100 Å². The van der Waals surface area contributed by atoms with Crippen molar-refractivity contribution in [3.05, 3.63) is 375 Å². The van der Waals surface area contributed by atoms with Crippen molar-refractivity contribution in [3.63, 3.8) is 0 Å². The summed E-state index contributed by atoms with van der Waals surface area (Å²) in [5.41, 5.74) is 25.2. The van der Waals surface area contributed by atoms with Crippen molar-refractivity contribution in [2.24, 2.45) is 0 Å². The molecule has 17 rings (SSSR count). The average Bonchev–Trinajstić information content (AvgIpc) is 1.74. The lowest BCUT2D eigenvalue weighted by Gasteiger charge is -2.34. The van der Waals surface area contributed by atoms with Crippen LogP contribution in [0.15, 0.2) is 370 Å². The van der Waals surface area contributed by atoms with Crippen LogP contribution in [0.25, 0.3) is 122 Å². The van der Waals surface area contributed by atoms with E-state index < -0.39 is 0 Å². The highest BCUT2D eigenvalue weighted by molar-refractivity contribution is 6.31. The molecular formula is C90H61ClN4. The van der Waals surface area contributed by atoms with Gasteiger partial charge in [0.05, 0.1) is 44.8 Å². The molecule has 5 heteroatoms. The average molecular weight is 1230 g/mol. The summed E-state index contributed by atoms with van der Waals surface area (Å²) in [5.74, 6) is 0. The fourth-order valence-corrected chi connectivity index (χ4v) is 14.6. The maximum absolute atomic E-state index is 8.05. The van der Waals surface area contributed by atoms with Crippen molar-refractivity contribution in [2.45, 2.75) is 0 Å². The molecule has 4 nitrogen and oxygen atoms in total. The normalized spacial score (nSPS) is 11.4. The Morgan fingerprint density at radius 1 is 0.200 bits per heavy atom. The molecule has 0 radical (unpaired) electrons. The molecule has 0 fully saturated rings. The lowest BCUT2D eigenvalue weighted by atomic mass is 9.93. The van der Waals surface area contributed by atoms with Crippen molar-refractivity contribution >= 4 is 89.3 Å². The molecule has 0 amide bonds. The number of halogens is 1. The predicted molar refractivity (Wildman–Crippen MR) is 402 cm³/mol. The number of rotatable bonds is 14. The van der Waals surface area contributed by atoms with Gasteiger partial charge in [0.1, 0.15) is 0 Å². The van der Waals surface area contributed by atoms with Crippen LogP contribution in [-0.2, 0) is 0 Å². The third-order valence-electron chi connectivity index (χ3n) is 18.5. The predicted octanol–water partition coefficient (Wildman–Crippen LogP) is 25.5. The first-order chi connectivity index (χ1) is 47.1. The molecule has 0 saturated heterocycles. The molecule has 0 bridgehead atoms. The summed E-state index contributed by atoms with van der Waals surface area (Å²) in [6.45, 7) is 0. The van der Waals surface area contributed by atoms with E-state index in [-0.39, 0.29) is 0 Å². The minimum atomic E-state index is 0.566. The second-order valence-corrected chi connectivity index (χ2v) is 24.5. The Morgan fingerprint density at radius 2 is 0.453 bits per heavy atom. The van der Waals surface area contributed by atoms with E-state index in [1.54, 1.807) is 0 Å². The van der Waals surface area contributed by atoms with Gasteiger partial charge in [0.15, 0.2) is 0 Å². The summed E-state index contributed by atoms with van der Waals surface area (Å²) in [4.78, 5) is 4.93. The monoisotopic (exact) mass is 1230 g/mol. The van der Waals surface area contributed by atoms with Crippen LogP contribution >= 0.6 is 11.6 Å². The summed E-state index contributed by atoms with van der Waals surface area (Å²) in [7, 11) is 0. The second-order valence-electron chi connectivity index (χ2n) is 24.1. The first-order valence-electron chi connectivity index (χ1n) is 32.3. The molecule has 448 valence electrons. The second kappa shape index (κ2) is 24.4. The Morgan fingerprint density at radius 3 is 0.737 bits per heavy atom. The van der Waals surface area contributed by atoms with Crippen LogP contribution in [0.1, 0.15) is 0 Å². The van der Waals surface area contributed by atoms with Crippen LogP contribution in [0.4, 0.5) is 34.1 Å². The van der Waals surface area contributed by atoms with E-state index in [1.807, 2.05) is 0 Å². The Kier molecular flexibility index (Phi) is 14.6. The molecule has 0 saturated carbocycles. The van der Waals surface area contributed by atoms with Crippen LogP contribution in [0, 0.1) is 0 Å². The van der Waals surface area contributed by atoms with Gasteiger partial charge in [-0.15, -0.1) is 0 Å². The van der Waals surface area contributed by atoms with Gasteiger partial charge in [0.25, 0.3) is 0 Å². The smallest absolute Gasteiger partial charge is 0.0618 e. The highest BCUT2D eigenvalue weighted by Crippen LogP contribution is 2.53. The maximum atomic E-state index is 8.05. The van der Waals surface area contributed by atoms with Crippen molar-refractivity contribution in [1.82, 2.24) is 9.13 Å². The third kappa shape index (κ3) is 10.2. The van der Waals surface area contributed by atoms with E-state index in [9.17, 15) is 0 Å². The molecule has 0 aliphatic rings. The summed E-state index contributed by atoms with van der Waals surface area (Å²) >= 11 is 8.05. The maximum Gasteiger partial charge on any atom is 0.0618 e. The van der Waals surface area contributed by atoms with Gasteiger partial charge in [0.2, 0.25) is 0 Å². The highest BCUT2D eigenvalue weighted by Gasteiger charge is 2.29. The standard InChI is InChI=1S/C90H61ClN4/c91-68-57-71(92(89-75(64-33-11-3-12-34-64)45-27-46-76(89)65-35-13-4-14-36-65)69-53-55-73(62-29-7-1-8-30-62)87(60-69)94-83-49-23-19-41-79(83)80-42-20-24-50-84(80)94)59-72(58-68)93(90-77(66-37-15-5-16-38-66)47-28-48-78(90)67-39-17-6-18-40-67)70-54-56-74(63-31-9-2-10-32-63)88(61-70)95-85-51-25-21-43-81(85)82-44-22-26-52-86(82)95/h1-61H. The first-order valence-corrected chi connectivity index (χ1v) is 32.7. The Hall–Kier alpha value is -12.2. The number of benzene rings is 15. The number of aromatic nitrogens is 2. The molecule has 0 unspecified atom stereocenters. The molecule has 0 aliphatic carbocycles. The molecule has 15 aromatic carbocycles. The molecule has 0 spiro atoms. The SMILES string of the molecule is Clc1cc(N(c2ccc(-c3ccccc3)c(-n3c4ccccc4c4ccccc43)c2)c2c(-c3ccccc3)cccc2-c2ccccc2)cc(N(c2ccc(-c3ccccc3)c(-n3c4ccccc4c4ccccc43)c2)c2c(-c3ccccc3)cccc2-c2ccccc2)c1. The number of hydrogen-bond acceptors (Lipinski definition) is 2. The molecule has 17 aromatic rings. The Bertz CT molecular complexity index is 5100. The topological polar surface area (TPSA) is 16.3 Å². The van der Waals surface area contributed by atoms with Crippen LogP contribution in [0.3, 0.4) is 0 Å².